The smallest absolute Gasteiger partial charge is 0.334 e. The molecule has 0 rings (SSSR count). The summed E-state index contributed by atoms with van der Waals surface area (Å²) in [7, 11) is 0. The molecule has 4 heteroatoms. The molecule has 0 saturated heterocycles. The largest absolute Gasteiger partial charge is 0.464 e. The van der Waals surface area contributed by atoms with Gasteiger partial charge >= 0.3 is 5.97 Å². The van der Waals surface area contributed by atoms with Crippen molar-refractivity contribution in [2.24, 2.45) is 5.90 Å². The van der Waals surface area contributed by atoms with Gasteiger partial charge in [0.2, 0.25) is 0 Å². The maximum atomic E-state index is 10.2. The maximum Gasteiger partial charge on any atom is 0.334 e. The van der Waals surface area contributed by atoms with Crippen LogP contribution in [0.1, 0.15) is 6.92 Å². The molecule has 0 heterocycles. The van der Waals surface area contributed by atoms with Crippen molar-refractivity contribution in [2.45, 2.75) is 6.92 Å². The van der Waals surface area contributed by atoms with E-state index >= 15 is 0 Å². The Morgan fingerprint density at radius 3 is 2.75 bits per heavy atom. The Bertz CT molecular complexity index is 65.7. The van der Waals surface area contributed by atoms with Crippen molar-refractivity contribution in [3.8, 4) is 0 Å². The minimum Gasteiger partial charge on any atom is -0.464 e. The van der Waals surface area contributed by atoms with Crippen molar-refractivity contribution >= 4 is 5.97 Å². The van der Waals surface area contributed by atoms with Gasteiger partial charge in [0.15, 0.2) is 6.61 Å². The van der Waals surface area contributed by atoms with Crippen molar-refractivity contribution in [3.63, 3.8) is 0 Å². The molecule has 0 aromatic carbocycles. The Labute approximate surface area is 47.5 Å². The van der Waals surface area contributed by atoms with Crippen LogP contribution in [0.3, 0.4) is 0 Å². The van der Waals surface area contributed by atoms with Crippen LogP contribution >= 0.6 is 0 Å². The lowest BCUT2D eigenvalue weighted by Crippen LogP contribution is -2.14. The summed E-state index contributed by atoms with van der Waals surface area (Å²) in [4.78, 5) is 14.2. The molecule has 0 radical (unpaired) electrons. The highest BCUT2D eigenvalue weighted by atomic mass is 16.6. The Morgan fingerprint density at radius 1 is 1.75 bits per heavy atom. The third kappa shape index (κ3) is 3.58. The fraction of sp³-hybridized carbons (Fsp3) is 0.750. The summed E-state index contributed by atoms with van der Waals surface area (Å²) in [6.45, 7) is 1.91. The number of rotatable bonds is 3. The first-order chi connectivity index (χ1) is 3.81. The zero-order valence-electron chi connectivity index (χ0n) is 4.72. The predicted octanol–water partition coefficient (Wildman–Crippen LogP) is -0.560. The SMILES string of the molecule is CCOC(=O)CON. The molecule has 0 aromatic rings. The highest BCUT2D eigenvalue weighted by Crippen LogP contribution is 1.74. The zero-order chi connectivity index (χ0) is 6.41. The lowest BCUT2D eigenvalue weighted by molar-refractivity contribution is -0.148. The van der Waals surface area contributed by atoms with Gasteiger partial charge in [-0.25, -0.2) is 10.7 Å². The first kappa shape index (κ1) is 7.39. The average molecular weight is 119 g/mol. The van der Waals surface area contributed by atoms with Crippen LogP contribution in [0.5, 0.6) is 0 Å². The van der Waals surface area contributed by atoms with Gasteiger partial charge in [-0.05, 0) is 6.92 Å². The number of ether oxygens (including phenoxy) is 1. The summed E-state index contributed by atoms with van der Waals surface area (Å²) in [6.07, 6.45) is 0. The van der Waals surface area contributed by atoms with Crippen molar-refractivity contribution in [3.05, 3.63) is 0 Å². The van der Waals surface area contributed by atoms with Crippen molar-refractivity contribution in [1.82, 2.24) is 0 Å². The molecule has 0 spiro atoms. The van der Waals surface area contributed by atoms with Gasteiger partial charge in [0, 0.05) is 0 Å². The molecule has 0 aromatic heterocycles. The molecule has 8 heavy (non-hydrogen) atoms. The topological polar surface area (TPSA) is 61.5 Å². The minimum absolute atomic E-state index is 0.173. The third-order valence-corrected chi connectivity index (χ3v) is 0.507. The van der Waals surface area contributed by atoms with Gasteiger partial charge in [-0.3, -0.25) is 4.84 Å². The van der Waals surface area contributed by atoms with Crippen LogP contribution in [0.25, 0.3) is 0 Å². The van der Waals surface area contributed by atoms with Gasteiger partial charge in [0.05, 0.1) is 6.61 Å². The second-order valence-electron chi connectivity index (χ2n) is 1.12. The number of carbonyl (C=O) groups excluding carboxylic acids is 1. The van der Waals surface area contributed by atoms with E-state index in [0.717, 1.165) is 0 Å². The van der Waals surface area contributed by atoms with Crippen molar-refractivity contribution < 1.29 is 14.4 Å². The van der Waals surface area contributed by atoms with Crippen LogP contribution in [0.4, 0.5) is 0 Å². The van der Waals surface area contributed by atoms with E-state index in [1.807, 2.05) is 0 Å². The van der Waals surface area contributed by atoms with Crippen molar-refractivity contribution in [2.75, 3.05) is 13.2 Å². The van der Waals surface area contributed by atoms with Crippen LogP contribution < -0.4 is 5.90 Å². The molecule has 0 bridgehead atoms. The molecule has 0 amide bonds. The van der Waals surface area contributed by atoms with E-state index in [0.29, 0.717) is 6.61 Å². The molecule has 0 unspecified atom stereocenters. The lowest BCUT2D eigenvalue weighted by Gasteiger charge is -1.96. The van der Waals surface area contributed by atoms with E-state index in [1.165, 1.54) is 0 Å². The molecule has 0 atom stereocenters. The molecular weight excluding hydrogens is 110 g/mol. The minimum atomic E-state index is -0.435. The molecule has 0 fully saturated rings. The molecule has 4 nitrogen and oxygen atoms in total. The van der Waals surface area contributed by atoms with Crippen LogP contribution in [0, 0.1) is 0 Å². The van der Waals surface area contributed by atoms with Crippen LogP contribution in [-0.2, 0) is 14.4 Å². The molecule has 0 aliphatic heterocycles. The van der Waals surface area contributed by atoms with Crippen molar-refractivity contribution in [1.29, 1.82) is 0 Å². The van der Waals surface area contributed by atoms with E-state index < -0.39 is 5.97 Å². The molecular formula is C4H9NO3. The Kier molecular flexibility index (Phi) is 4.20. The highest BCUT2D eigenvalue weighted by molar-refractivity contribution is 5.70. The van der Waals surface area contributed by atoms with Gasteiger partial charge in [-0.2, -0.15) is 0 Å². The quantitative estimate of drug-likeness (QED) is 0.399. The lowest BCUT2D eigenvalue weighted by atomic mass is 10.7. The number of esters is 1. The first-order valence-electron chi connectivity index (χ1n) is 2.28. The summed E-state index contributed by atoms with van der Waals surface area (Å²) in [5.41, 5.74) is 0. The summed E-state index contributed by atoms with van der Waals surface area (Å²) >= 11 is 0. The Morgan fingerprint density at radius 2 is 2.38 bits per heavy atom. The Hall–Kier alpha value is -0.610. The van der Waals surface area contributed by atoms with Crippen LogP contribution in [0.15, 0.2) is 0 Å². The summed E-state index contributed by atoms with van der Waals surface area (Å²) in [5.74, 6) is 4.12. The van der Waals surface area contributed by atoms with Gasteiger partial charge in [0.1, 0.15) is 0 Å². The van der Waals surface area contributed by atoms with Gasteiger partial charge in [-0.1, -0.05) is 0 Å². The molecule has 2 N–H and O–H groups in total. The summed E-state index contributed by atoms with van der Waals surface area (Å²) in [6, 6.07) is 0. The molecule has 0 aliphatic carbocycles. The van der Waals surface area contributed by atoms with Gasteiger partial charge < -0.3 is 4.74 Å². The number of hydrogen-bond acceptors (Lipinski definition) is 4. The van der Waals surface area contributed by atoms with Crippen LogP contribution in [0.2, 0.25) is 0 Å². The van der Waals surface area contributed by atoms with Crippen LogP contribution in [-0.4, -0.2) is 19.2 Å². The second kappa shape index (κ2) is 4.55. The van der Waals surface area contributed by atoms with E-state index in [1.54, 1.807) is 6.92 Å². The fourth-order valence-corrected chi connectivity index (χ4v) is 0.271. The van der Waals surface area contributed by atoms with E-state index in [-0.39, 0.29) is 6.61 Å². The summed E-state index contributed by atoms with van der Waals surface area (Å²) < 4.78 is 4.44. The fourth-order valence-electron chi connectivity index (χ4n) is 0.271. The van der Waals surface area contributed by atoms with E-state index in [2.05, 4.69) is 15.5 Å². The number of carbonyl (C=O) groups is 1. The standard InChI is InChI=1S/C4H9NO3/c1-2-7-4(6)3-8-5/h2-3,5H2,1H3. The normalized spacial score (nSPS) is 8.75. The summed E-state index contributed by atoms with van der Waals surface area (Å²) in [5, 5.41) is 0. The highest BCUT2D eigenvalue weighted by Gasteiger charge is 1.96. The predicted molar refractivity (Wildman–Crippen MR) is 26.8 cm³/mol. The monoisotopic (exact) mass is 119 g/mol. The van der Waals surface area contributed by atoms with E-state index in [9.17, 15) is 4.79 Å². The van der Waals surface area contributed by atoms with E-state index in [4.69, 9.17) is 0 Å². The third-order valence-electron chi connectivity index (χ3n) is 0.507. The Balaban J connectivity index is 3.06. The molecule has 0 saturated carbocycles. The number of hydrogen-bond donors (Lipinski definition) is 1. The zero-order valence-corrected chi connectivity index (χ0v) is 4.72. The molecule has 48 valence electrons. The number of nitrogens with two attached hydrogens (primary N) is 1. The second-order valence-corrected chi connectivity index (χ2v) is 1.12. The molecule has 0 aliphatic rings. The van der Waals surface area contributed by atoms with Gasteiger partial charge in [-0.15, -0.1) is 0 Å². The first-order valence-corrected chi connectivity index (χ1v) is 2.28. The average Bonchev–Trinajstić information content (AvgIpc) is 1.68. The van der Waals surface area contributed by atoms with Gasteiger partial charge in [0.25, 0.3) is 0 Å². The maximum absolute atomic E-state index is 10.2.